The lowest BCUT2D eigenvalue weighted by Crippen LogP contribution is -2.46. The van der Waals surface area contributed by atoms with E-state index in [1.165, 1.54) is 4.57 Å². The van der Waals surface area contributed by atoms with E-state index in [0.717, 1.165) is 16.7 Å². The fourth-order valence-electron chi connectivity index (χ4n) is 3.35. The molecule has 3 aromatic rings. The van der Waals surface area contributed by atoms with Crippen LogP contribution in [0, 0.1) is 6.92 Å². The normalized spacial score (nSPS) is 15.6. The van der Waals surface area contributed by atoms with Crippen molar-refractivity contribution in [1.82, 2.24) is 14.9 Å². The van der Waals surface area contributed by atoms with Crippen molar-refractivity contribution in [3.8, 4) is 0 Å². The summed E-state index contributed by atoms with van der Waals surface area (Å²) < 4.78 is 1.38. The molecule has 7 heteroatoms. The van der Waals surface area contributed by atoms with Gasteiger partial charge in [-0.3, -0.25) is 19.7 Å². The molecule has 1 unspecified atom stereocenters. The Hall–Kier alpha value is -3.61. The van der Waals surface area contributed by atoms with Crippen LogP contribution < -0.4 is 21.9 Å². The van der Waals surface area contributed by atoms with Crippen LogP contribution in [0.15, 0.2) is 64.2 Å². The zero-order valence-corrected chi connectivity index (χ0v) is 14.7. The number of fused-ring (bicyclic) bond motifs is 1. The maximum Gasteiger partial charge on any atom is 0.330 e. The predicted octanol–water partition coefficient (Wildman–Crippen LogP) is 2.12. The number of aromatic amines is 1. The number of carbonyl (C=O) groups is 1. The lowest BCUT2D eigenvalue weighted by atomic mass is 9.97. The summed E-state index contributed by atoms with van der Waals surface area (Å²) in [5.74, 6) is 0.225. The molecule has 1 aliphatic rings. The molecular formula is C20H18N4O3. The molecular weight excluding hydrogens is 344 g/mol. The Balaban J connectivity index is 1.90. The fourth-order valence-corrected chi connectivity index (χ4v) is 3.35. The van der Waals surface area contributed by atoms with Crippen molar-refractivity contribution in [2.75, 3.05) is 5.32 Å². The first kappa shape index (κ1) is 16.8. The van der Waals surface area contributed by atoms with Crippen molar-refractivity contribution >= 4 is 11.8 Å². The Bertz CT molecular complexity index is 1130. The van der Waals surface area contributed by atoms with Gasteiger partial charge in [0.25, 0.3) is 5.56 Å². The van der Waals surface area contributed by atoms with Gasteiger partial charge in [-0.15, -0.1) is 0 Å². The molecule has 0 fully saturated rings. The Morgan fingerprint density at radius 3 is 2.52 bits per heavy atom. The van der Waals surface area contributed by atoms with Crippen LogP contribution in [-0.4, -0.2) is 15.6 Å². The molecule has 0 aliphatic carbocycles. The summed E-state index contributed by atoms with van der Waals surface area (Å²) in [5, 5.41) is 5.42. The number of benzene rings is 2. The SMILES string of the molecule is Cc1cccc(C2NC(=O)Nc3c2c(=O)[nH]c(=O)n3Cc2ccccc2)c1. The molecule has 3 N–H and O–H groups in total. The highest BCUT2D eigenvalue weighted by atomic mass is 16.2. The quantitative estimate of drug-likeness (QED) is 0.666. The van der Waals surface area contributed by atoms with E-state index in [4.69, 9.17) is 0 Å². The second-order valence-electron chi connectivity index (χ2n) is 6.54. The number of hydrogen-bond acceptors (Lipinski definition) is 3. The number of anilines is 1. The van der Waals surface area contributed by atoms with Crippen LogP contribution in [0.3, 0.4) is 0 Å². The first-order valence-corrected chi connectivity index (χ1v) is 8.58. The number of nitrogens with one attached hydrogen (secondary N) is 3. The van der Waals surface area contributed by atoms with Gasteiger partial charge in [0.2, 0.25) is 0 Å². The summed E-state index contributed by atoms with van der Waals surface area (Å²) in [6, 6.07) is 15.8. The molecule has 4 rings (SSSR count). The Kier molecular flexibility index (Phi) is 4.12. The Morgan fingerprint density at radius 1 is 1.00 bits per heavy atom. The molecule has 0 spiro atoms. The minimum absolute atomic E-state index is 0.225. The first-order valence-electron chi connectivity index (χ1n) is 8.58. The van der Waals surface area contributed by atoms with Crippen molar-refractivity contribution in [2.24, 2.45) is 0 Å². The van der Waals surface area contributed by atoms with E-state index in [1.807, 2.05) is 61.5 Å². The topological polar surface area (TPSA) is 96.0 Å². The molecule has 2 aromatic carbocycles. The zero-order valence-electron chi connectivity index (χ0n) is 14.7. The van der Waals surface area contributed by atoms with Crippen LogP contribution in [0.1, 0.15) is 28.3 Å². The number of aryl methyl sites for hydroxylation is 1. The lowest BCUT2D eigenvalue weighted by Gasteiger charge is -2.28. The molecule has 0 saturated heterocycles. The third-order valence-electron chi connectivity index (χ3n) is 4.59. The van der Waals surface area contributed by atoms with Crippen LogP contribution in [0.2, 0.25) is 0 Å². The van der Waals surface area contributed by atoms with Gasteiger partial charge in [0.1, 0.15) is 5.82 Å². The summed E-state index contributed by atoms with van der Waals surface area (Å²) >= 11 is 0. The highest BCUT2D eigenvalue weighted by molar-refractivity contribution is 5.92. The monoisotopic (exact) mass is 362 g/mol. The molecule has 1 atom stereocenters. The number of amides is 2. The minimum atomic E-state index is -0.639. The highest BCUT2D eigenvalue weighted by Gasteiger charge is 2.31. The maximum absolute atomic E-state index is 12.6. The van der Waals surface area contributed by atoms with Gasteiger partial charge >= 0.3 is 11.7 Å². The van der Waals surface area contributed by atoms with Crippen LogP contribution in [0.4, 0.5) is 10.6 Å². The number of rotatable bonds is 3. The minimum Gasteiger partial charge on any atom is -0.327 e. The van der Waals surface area contributed by atoms with Gasteiger partial charge in [0, 0.05) is 0 Å². The maximum atomic E-state index is 12.6. The van der Waals surface area contributed by atoms with Crippen LogP contribution in [0.5, 0.6) is 0 Å². The summed E-state index contributed by atoms with van der Waals surface area (Å²) in [6.07, 6.45) is 0. The first-order chi connectivity index (χ1) is 13.0. The standard InChI is InChI=1S/C20H18N4O3/c1-12-6-5-9-14(10-12)16-15-17(22-19(26)21-16)24(20(27)23-18(15)25)11-13-7-3-2-4-8-13/h2-10,16H,11H2,1H3,(H2,21,22,26)(H,23,25,27). The summed E-state index contributed by atoms with van der Waals surface area (Å²) in [5.41, 5.74) is 1.91. The molecule has 0 bridgehead atoms. The number of H-pyrrole nitrogens is 1. The molecule has 1 aromatic heterocycles. The molecule has 2 amide bonds. The Labute approximate surface area is 154 Å². The van der Waals surface area contributed by atoms with E-state index < -0.39 is 23.3 Å². The number of nitrogens with zero attached hydrogens (tertiary/aromatic N) is 1. The van der Waals surface area contributed by atoms with Crippen LogP contribution in [-0.2, 0) is 6.54 Å². The highest BCUT2D eigenvalue weighted by Crippen LogP contribution is 2.28. The third kappa shape index (κ3) is 3.15. The number of carbonyl (C=O) groups excluding carboxylic acids is 1. The molecule has 2 heterocycles. The van der Waals surface area contributed by atoms with Crippen LogP contribution in [0.25, 0.3) is 0 Å². The summed E-state index contributed by atoms with van der Waals surface area (Å²) in [7, 11) is 0. The molecule has 0 radical (unpaired) electrons. The van der Waals surface area contributed by atoms with Gasteiger partial charge in [0.05, 0.1) is 18.2 Å². The smallest absolute Gasteiger partial charge is 0.327 e. The van der Waals surface area contributed by atoms with Crippen molar-refractivity contribution in [3.63, 3.8) is 0 Å². The van der Waals surface area contributed by atoms with E-state index in [0.29, 0.717) is 5.56 Å². The van der Waals surface area contributed by atoms with Gasteiger partial charge in [-0.1, -0.05) is 60.2 Å². The number of aromatic nitrogens is 2. The molecule has 27 heavy (non-hydrogen) atoms. The van der Waals surface area contributed by atoms with E-state index in [9.17, 15) is 14.4 Å². The largest absolute Gasteiger partial charge is 0.330 e. The van der Waals surface area contributed by atoms with Gasteiger partial charge in [-0.05, 0) is 18.1 Å². The van der Waals surface area contributed by atoms with E-state index in [1.54, 1.807) is 0 Å². The average molecular weight is 362 g/mol. The molecule has 0 saturated carbocycles. The molecule has 7 nitrogen and oxygen atoms in total. The Morgan fingerprint density at radius 2 is 1.78 bits per heavy atom. The molecule has 1 aliphatic heterocycles. The van der Waals surface area contributed by atoms with Crippen molar-refractivity contribution in [3.05, 3.63) is 97.7 Å². The predicted molar refractivity (Wildman–Crippen MR) is 102 cm³/mol. The molecule has 136 valence electrons. The van der Waals surface area contributed by atoms with E-state index in [2.05, 4.69) is 15.6 Å². The summed E-state index contributed by atoms with van der Waals surface area (Å²) in [6.45, 7) is 2.17. The van der Waals surface area contributed by atoms with Crippen molar-refractivity contribution in [2.45, 2.75) is 19.5 Å². The van der Waals surface area contributed by atoms with Crippen molar-refractivity contribution < 1.29 is 4.79 Å². The van der Waals surface area contributed by atoms with Gasteiger partial charge in [-0.2, -0.15) is 0 Å². The van der Waals surface area contributed by atoms with Gasteiger partial charge in [-0.25, -0.2) is 9.59 Å². The van der Waals surface area contributed by atoms with Gasteiger partial charge < -0.3 is 5.32 Å². The van der Waals surface area contributed by atoms with Crippen molar-refractivity contribution in [1.29, 1.82) is 0 Å². The summed E-state index contributed by atoms with van der Waals surface area (Å²) in [4.78, 5) is 39.7. The van der Waals surface area contributed by atoms with Crippen LogP contribution >= 0.6 is 0 Å². The second-order valence-corrected chi connectivity index (χ2v) is 6.54. The number of hydrogen-bond donors (Lipinski definition) is 3. The third-order valence-corrected chi connectivity index (χ3v) is 4.59. The number of urea groups is 1. The van der Waals surface area contributed by atoms with Gasteiger partial charge in [0.15, 0.2) is 0 Å². The lowest BCUT2D eigenvalue weighted by molar-refractivity contribution is 0.248. The average Bonchev–Trinajstić information content (AvgIpc) is 2.65. The second kappa shape index (κ2) is 6.60. The van der Waals surface area contributed by atoms with E-state index in [-0.39, 0.29) is 12.4 Å². The van der Waals surface area contributed by atoms with E-state index >= 15 is 0 Å². The fraction of sp³-hybridized carbons (Fsp3) is 0.150. The zero-order chi connectivity index (χ0) is 19.0.